The summed E-state index contributed by atoms with van der Waals surface area (Å²) in [4.78, 5) is 54.3. The number of hydrogen-bond donors (Lipinski definition) is 1. The van der Waals surface area contributed by atoms with Crippen LogP contribution in [0.4, 0.5) is 0 Å². The van der Waals surface area contributed by atoms with Gasteiger partial charge in [0.15, 0.2) is 6.10 Å². The number of cyclic esters (lactones) is 1. The molecule has 0 aromatic carbocycles. The van der Waals surface area contributed by atoms with Gasteiger partial charge in [-0.2, -0.15) is 0 Å². The minimum absolute atomic E-state index is 0.00290. The van der Waals surface area contributed by atoms with Crippen molar-refractivity contribution in [1.82, 2.24) is 0 Å². The Labute approximate surface area is 140 Å². The normalized spacial score (nSPS) is 23.2. The van der Waals surface area contributed by atoms with Crippen molar-refractivity contribution in [2.75, 3.05) is 0 Å². The van der Waals surface area contributed by atoms with Gasteiger partial charge in [-0.05, 0) is 32.1 Å². The van der Waals surface area contributed by atoms with Crippen molar-refractivity contribution in [3.05, 3.63) is 0 Å². The number of esters is 1. The quantitative estimate of drug-likeness (QED) is 0.569. The molecule has 1 aliphatic heterocycles. The summed E-state index contributed by atoms with van der Waals surface area (Å²) in [6.07, 6.45) is 3.67. The van der Waals surface area contributed by atoms with Gasteiger partial charge in [-0.25, -0.2) is 24.2 Å². The summed E-state index contributed by atoms with van der Waals surface area (Å²) >= 11 is 0. The van der Waals surface area contributed by atoms with E-state index < -0.39 is 30.0 Å². The van der Waals surface area contributed by atoms with Crippen molar-refractivity contribution in [2.24, 2.45) is 0 Å². The molecule has 0 amide bonds. The molecular weight excluding hydrogens is 320 g/mol. The highest BCUT2D eigenvalue weighted by Crippen LogP contribution is 2.13. The Hall–Kier alpha value is -2.12. The first kappa shape index (κ1) is 19.9. The molecule has 1 heterocycles. The van der Waals surface area contributed by atoms with Crippen molar-refractivity contribution < 1.29 is 38.8 Å². The molecule has 1 atom stereocenters. The summed E-state index contributed by atoms with van der Waals surface area (Å²) in [5.74, 6) is -3.01. The number of rotatable bonds is 1. The van der Waals surface area contributed by atoms with Crippen LogP contribution in [0.25, 0.3) is 0 Å². The van der Waals surface area contributed by atoms with E-state index in [-0.39, 0.29) is 25.7 Å². The second-order valence-electron chi connectivity index (χ2n) is 5.74. The smallest absolute Gasteiger partial charge is 0.355 e. The van der Waals surface area contributed by atoms with Gasteiger partial charge < -0.3 is 9.84 Å². The lowest BCUT2D eigenvalue weighted by atomic mass is 10.1. The van der Waals surface area contributed by atoms with Crippen LogP contribution in [0.3, 0.4) is 0 Å². The van der Waals surface area contributed by atoms with Crippen LogP contribution in [0.15, 0.2) is 0 Å². The van der Waals surface area contributed by atoms with Crippen LogP contribution >= 0.6 is 0 Å². The highest BCUT2D eigenvalue weighted by atomic mass is 17.2. The first-order valence-corrected chi connectivity index (χ1v) is 8.31. The number of carbonyl (C=O) groups excluding carboxylic acids is 3. The number of carboxylic acids is 1. The summed E-state index contributed by atoms with van der Waals surface area (Å²) in [5, 5.41) is 9.09. The molecule has 0 radical (unpaired) electrons. The van der Waals surface area contributed by atoms with Gasteiger partial charge in [-0.1, -0.05) is 19.3 Å². The minimum atomic E-state index is -1.15. The second kappa shape index (κ2) is 11.4. The highest BCUT2D eigenvalue weighted by Gasteiger charge is 2.21. The van der Waals surface area contributed by atoms with Crippen LogP contribution in [0.2, 0.25) is 0 Å². The first-order chi connectivity index (χ1) is 11.5. The number of ether oxygens (including phenoxy) is 1. The molecule has 1 N–H and O–H groups in total. The summed E-state index contributed by atoms with van der Waals surface area (Å²) in [6.45, 7) is 0. The topological polar surface area (TPSA) is 116 Å². The maximum Gasteiger partial charge on any atom is 0.355 e. The van der Waals surface area contributed by atoms with Gasteiger partial charge in [0.1, 0.15) is 0 Å². The standard InChI is InChI=1S/C16H24O8/c17-13-9-6-7-11-15(19)24-23-14(18)10-5-3-1-2-4-8-12(22-13)16(20)21/h12H,1-11H2,(H,20,21). The average Bonchev–Trinajstić information content (AvgIpc) is 2.54. The molecular formula is C16H24O8. The van der Waals surface area contributed by atoms with E-state index in [4.69, 9.17) is 9.84 Å². The highest BCUT2D eigenvalue weighted by molar-refractivity contribution is 5.78. The molecule has 8 nitrogen and oxygen atoms in total. The van der Waals surface area contributed by atoms with Gasteiger partial charge in [0.2, 0.25) is 0 Å². The lowest BCUT2D eigenvalue weighted by Crippen LogP contribution is -2.27. The summed E-state index contributed by atoms with van der Waals surface area (Å²) in [7, 11) is 0. The van der Waals surface area contributed by atoms with Crippen LogP contribution in [-0.4, -0.2) is 35.1 Å². The molecule has 0 spiro atoms. The lowest BCUT2D eigenvalue weighted by Gasteiger charge is -2.13. The maximum absolute atomic E-state index is 11.6. The van der Waals surface area contributed by atoms with Gasteiger partial charge in [-0.3, -0.25) is 4.79 Å². The zero-order chi connectivity index (χ0) is 17.8. The first-order valence-electron chi connectivity index (χ1n) is 8.31. The van der Waals surface area contributed by atoms with E-state index in [1.807, 2.05) is 0 Å². The van der Waals surface area contributed by atoms with Crippen LogP contribution in [0, 0.1) is 0 Å². The van der Waals surface area contributed by atoms with Crippen molar-refractivity contribution in [3.8, 4) is 0 Å². The largest absolute Gasteiger partial charge is 0.479 e. The fraction of sp³-hybridized carbons (Fsp3) is 0.750. The number of aliphatic carboxylic acids is 1. The molecule has 0 saturated carbocycles. The van der Waals surface area contributed by atoms with E-state index in [1.54, 1.807) is 0 Å². The Bertz CT molecular complexity index is 443. The van der Waals surface area contributed by atoms with Gasteiger partial charge >= 0.3 is 23.9 Å². The fourth-order valence-electron chi connectivity index (χ4n) is 2.29. The second-order valence-corrected chi connectivity index (χ2v) is 5.74. The molecule has 0 bridgehead atoms. The van der Waals surface area contributed by atoms with E-state index >= 15 is 0 Å². The minimum Gasteiger partial charge on any atom is -0.479 e. The van der Waals surface area contributed by atoms with Crippen LogP contribution in [-0.2, 0) is 33.7 Å². The lowest BCUT2D eigenvalue weighted by molar-refractivity contribution is -0.259. The van der Waals surface area contributed by atoms with E-state index in [2.05, 4.69) is 9.78 Å². The predicted molar refractivity (Wildman–Crippen MR) is 80.5 cm³/mol. The molecule has 1 rings (SSSR count). The van der Waals surface area contributed by atoms with E-state index in [1.165, 1.54) is 0 Å². The number of hydrogen-bond acceptors (Lipinski definition) is 7. The van der Waals surface area contributed by atoms with Crippen molar-refractivity contribution in [2.45, 2.75) is 76.7 Å². The van der Waals surface area contributed by atoms with Crippen LogP contribution in [0.5, 0.6) is 0 Å². The molecule has 1 saturated heterocycles. The molecule has 1 fully saturated rings. The molecule has 1 aliphatic rings. The monoisotopic (exact) mass is 344 g/mol. The van der Waals surface area contributed by atoms with Gasteiger partial charge in [-0.15, -0.1) is 0 Å². The van der Waals surface area contributed by atoms with E-state index in [9.17, 15) is 19.2 Å². The molecule has 1 unspecified atom stereocenters. The average molecular weight is 344 g/mol. The predicted octanol–water partition coefficient (Wildman–Crippen LogP) is 2.29. The van der Waals surface area contributed by atoms with Crippen molar-refractivity contribution in [3.63, 3.8) is 0 Å². The van der Waals surface area contributed by atoms with Crippen molar-refractivity contribution >= 4 is 23.9 Å². The Morgan fingerprint density at radius 1 is 0.750 bits per heavy atom. The Kier molecular flexibility index (Phi) is 9.48. The number of carboxylic acid groups (broad SMARTS) is 1. The van der Waals surface area contributed by atoms with Gasteiger partial charge in [0.25, 0.3) is 0 Å². The van der Waals surface area contributed by atoms with E-state index in [0.717, 1.165) is 19.3 Å². The SMILES string of the molecule is O=C1CCCCCCCC(C(=O)O)OC(=O)CCCCC(=O)OO1. The Morgan fingerprint density at radius 2 is 1.21 bits per heavy atom. The summed E-state index contributed by atoms with van der Waals surface area (Å²) < 4.78 is 4.97. The third-order valence-corrected chi connectivity index (χ3v) is 3.64. The number of carbonyl (C=O) groups is 4. The molecule has 0 aromatic rings. The zero-order valence-corrected chi connectivity index (χ0v) is 13.7. The van der Waals surface area contributed by atoms with E-state index in [0.29, 0.717) is 25.7 Å². The van der Waals surface area contributed by atoms with Gasteiger partial charge in [0.05, 0.1) is 12.8 Å². The molecule has 0 aromatic heterocycles. The van der Waals surface area contributed by atoms with Crippen LogP contribution in [0.1, 0.15) is 70.6 Å². The third-order valence-electron chi connectivity index (χ3n) is 3.64. The maximum atomic E-state index is 11.6. The molecule has 136 valence electrons. The summed E-state index contributed by atoms with van der Waals surface area (Å²) in [5.41, 5.74) is 0. The fourth-order valence-corrected chi connectivity index (χ4v) is 2.29. The Morgan fingerprint density at radius 3 is 1.79 bits per heavy atom. The molecule has 0 aliphatic carbocycles. The molecule has 8 heteroatoms. The van der Waals surface area contributed by atoms with Crippen LogP contribution < -0.4 is 0 Å². The molecule has 24 heavy (non-hydrogen) atoms. The Balaban J connectivity index is 2.49. The zero-order valence-electron chi connectivity index (χ0n) is 13.7. The van der Waals surface area contributed by atoms with Gasteiger partial charge in [0, 0.05) is 6.42 Å². The summed E-state index contributed by atoms with van der Waals surface area (Å²) in [6, 6.07) is 0. The van der Waals surface area contributed by atoms with Crippen molar-refractivity contribution in [1.29, 1.82) is 0 Å². The third kappa shape index (κ3) is 9.12.